The van der Waals surface area contributed by atoms with Crippen molar-refractivity contribution < 1.29 is 0 Å². The van der Waals surface area contributed by atoms with Gasteiger partial charge in [-0.2, -0.15) is 0 Å². The standard InChI is InChI=1S/C25H25P/c1-6-21-12-8-10-14-24(21)26(25-15-11-9-13-22(25)7-2)23-17-16-18(3)19(4)20(23)5/h6-17H,1-2H2,3-5H3. The number of hydrogen-bond acceptors (Lipinski definition) is 0. The Bertz CT molecular complexity index is 914. The van der Waals surface area contributed by atoms with E-state index in [-0.39, 0.29) is 0 Å². The first-order valence-electron chi connectivity index (χ1n) is 8.88. The van der Waals surface area contributed by atoms with Crippen molar-refractivity contribution >= 4 is 36.0 Å². The van der Waals surface area contributed by atoms with E-state index >= 15 is 0 Å². The smallest absolute Gasteiger partial charge is 0.00786 e. The molecule has 0 saturated carbocycles. The third-order valence-electron chi connectivity index (χ3n) is 5.07. The highest BCUT2D eigenvalue weighted by Crippen LogP contribution is 2.38. The van der Waals surface area contributed by atoms with E-state index in [1.165, 1.54) is 43.7 Å². The summed E-state index contributed by atoms with van der Waals surface area (Å²) in [5, 5.41) is 4.10. The molecule has 0 spiro atoms. The van der Waals surface area contributed by atoms with Gasteiger partial charge in [-0.3, -0.25) is 0 Å². The summed E-state index contributed by atoms with van der Waals surface area (Å²) in [4.78, 5) is 0. The average Bonchev–Trinajstić information content (AvgIpc) is 2.68. The fraction of sp³-hybridized carbons (Fsp3) is 0.120. The Morgan fingerprint density at radius 1 is 0.615 bits per heavy atom. The van der Waals surface area contributed by atoms with Crippen LogP contribution in [0.4, 0.5) is 0 Å². The minimum atomic E-state index is -0.691. The molecule has 0 bridgehead atoms. The molecule has 0 radical (unpaired) electrons. The predicted molar refractivity (Wildman–Crippen MR) is 120 cm³/mol. The molecule has 3 aromatic rings. The van der Waals surface area contributed by atoms with Gasteiger partial charge in [0.25, 0.3) is 0 Å². The Morgan fingerprint density at radius 2 is 1.12 bits per heavy atom. The number of rotatable bonds is 5. The number of aryl methyl sites for hydroxylation is 1. The summed E-state index contributed by atoms with van der Waals surface area (Å²) in [5.74, 6) is 0. The molecule has 0 aliphatic heterocycles. The van der Waals surface area contributed by atoms with Crippen LogP contribution in [0.1, 0.15) is 27.8 Å². The Morgan fingerprint density at radius 3 is 1.62 bits per heavy atom. The molecular weight excluding hydrogens is 331 g/mol. The molecule has 3 rings (SSSR count). The highest BCUT2D eigenvalue weighted by atomic mass is 31.1. The van der Waals surface area contributed by atoms with Crippen LogP contribution in [-0.4, -0.2) is 0 Å². The average molecular weight is 356 g/mol. The fourth-order valence-electron chi connectivity index (χ4n) is 3.30. The van der Waals surface area contributed by atoms with Gasteiger partial charge >= 0.3 is 0 Å². The molecule has 130 valence electrons. The van der Waals surface area contributed by atoms with E-state index < -0.39 is 7.92 Å². The normalized spacial score (nSPS) is 10.8. The van der Waals surface area contributed by atoms with Crippen molar-refractivity contribution in [1.29, 1.82) is 0 Å². The van der Waals surface area contributed by atoms with E-state index in [9.17, 15) is 0 Å². The van der Waals surface area contributed by atoms with Crippen LogP contribution in [0.5, 0.6) is 0 Å². The molecule has 0 atom stereocenters. The van der Waals surface area contributed by atoms with Gasteiger partial charge in [0.05, 0.1) is 0 Å². The first kappa shape index (κ1) is 18.4. The summed E-state index contributed by atoms with van der Waals surface area (Å²) < 4.78 is 0. The summed E-state index contributed by atoms with van der Waals surface area (Å²) in [6, 6.07) is 21.8. The molecule has 0 unspecified atom stereocenters. The zero-order chi connectivity index (χ0) is 18.7. The van der Waals surface area contributed by atoms with Gasteiger partial charge in [-0.1, -0.05) is 86.0 Å². The van der Waals surface area contributed by atoms with Gasteiger partial charge in [0.15, 0.2) is 0 Å². The molecular formula is C25H25P. The van der Waals surface area contributed by atoms with Gasteiger partial charge in [-0.15, -0.1) is 0 Å². The Labute approximate surface area is 158 Å². The third kappa shape index (κ3) is 3.30. The molecule has 0 N–H and O–H groups in total. The fourth-order valence-corrected chi connectivity index (χ4v) is 6.12. The number of benzene rings is 3. The van der Waals surface area contributed by atoms with Crippen molar-refractivity contribution in [3.8, 4) is 0 Å². The maximum Gasteiger partial charge on any atom is -0.00786 e. The Hall–Kier alpha value is -2.43. The lowest BCUT2D eigenvalue weighted by molar-refractivity contribution is 1.28. The van der Waals surface area contributed by atoms with Crippen molar-refractivity contribution in [1.82, 2.24) is 0 Å². The van der Waals surface area contributed by atoms with Gasteiger partial charge in [-0.05, 0) is 72.4 Å². The highest BCUT2D eigenvalue weighted by Gasteiger charge is 2.22. The molecule has 0 fully saturated rings. The van der Waals surface area contributed by atoms with E-state index in [0.29, 0.717) is 0 Å². The molecule has 0 heterocycles. The van der Waals surface area contributed by atoms with E-state index in [4.69, 9.17) is 0 Å². The summed E-state index contributed by atoms with van der Waals surface area (Å²) in [6.07, 6.45) is 3.94. The van der Waals surface area contributed by atoms with Crippen LogP contribution < -0.4 is 15.9 Å². The van der Waals surface area contributed by atoms with Crippen LogP contribution in [0.25, 0.3) is 12.2 Å². The lowest BCUT2D eigenvalue weighted by atomic mass is 10.1. The topological polar surface area (TPSA) is 0 Å². The van der Waals surface area contributed by atoms with Crippen LogP contribution in [0.15, 0.2) is 73.8 Å². The van der Waals surface area contributed by atoms with E-state index in [1.807, 2.05) is 12.2 Å². The Kier molecular flexibility index (Phi) is 5.55. The minimum absolute atomic E-state index is 0.691. The molecule has 0 aliphatic rings. The molecule has 26 heavy (non-hydrogen) atoms. The maximum absolute atomic E-state index is 4.05. The number of hydrogen-bond donors (Lipinski definition) is 0. The summed E-state index contributed by atoms with van der Waals surface area (Å²) in [5.41, 5.74) is 6.51. The Balaban J connectivity index is 2.36. The molecule has 3 aromatic carbocycles. The minimum Gasteiger partial charge on any atom is -0.0984 e. The van der Waals surface area contributed by atoms with Crippen LogP contribution in [-0.2, 0) is 0 Å². The second-order valence-corrected chi connectivity index (χ2v) is 8.63. The van der Waals surface area contributed by atoms with Gasteiger partial charge in [-0.25, -0.2) is 0 Å². The zero-order valence-corrected chi connectivity index (χ0v) is 16.7. The second-order valence-electron chi connectivity index (χ2n) is 6.51. The van der Waals surface area contributed by atoms with Gasteiger partial charge in [0.1, 0.15) is 0 Å². The van der Waals surface area contributed by atoms with Crippen molar-refractivity contribution in [2.45, 2.75) is 20.8 Å². The summed E-state index contributed by atoms with van der Waals surface area (Å²) in [7, 11) is -0.691. The summed E-state index contributed by atoms with van der Waals surface area (Å²) >= 11 is 0. The van der Waals surface area contributed by atoms with Gasteiger partial charge in [0, 0.05) is 0 Å². The quantitative estimate of drug-likeness (QED) is 0.518. The molecule has 0 nitrogen and oxygen atoms in total. The summed E-state index contributed by atoms with van der Waals surface area (Å²) in [6.45, 7) is 14.8. The molecule has 0 saturated heterocycles. The second kappa shape index (κ2) is 7.85. The largest absolute Gasteiger partial charge is 0.0984 e. The van der Waals surface area contributed by atoms with Crippen LogP contribution >= 0.6 is 7.92 Å². The predicted octanol–water partition coefficient (Wildman–Crippen LogP) is 5.66. The van der Waals surface area contributed by atoms with Gasteiger partial charge < -0.3 is 0 Å². The van der Waals surface area contributed by atoms with Crippen LogP contribution in [0, 0.1) is 20.8 Å². The lowest BCUT2D eigenvalue weighted by Gasteiger charge is -2.26. The molecule has 0 aliphatic carbocycles. The van der Waals surface area contributed by atoms with E-state index in [2.05, 4.69) is 94.6 Å². The van der Waals surface area contributed by atoms with Crippen molar-refractivity contribution in [2.24, 2.45) is 0 Å². The first-order chi connectivity index (χ1) is 12.6. The highest BCUT2D eigenvalue weighted by molar-refractivity contribution is 7.80. The lowest BCUT2D eigenvalue weighted by Crippen LogP contribution is -2.26. The molecule has 0 amide bonds. The SMILES string of the molecule is C=Cc1ccccc1P(c1ccccc1C=C)c1ccc(C)c(C)c1C. The monoisotopic (exact) mass is 356 g/mol. The van der Waals surface area contributed by atoms with Crippen LogP contribution in [0.3, 0.4) is 0 Å². The van der Waals surface area contributed by atoms with Crippen LogP contribution in [0.2, 0.25) is 0 Å². The maximum atomic E-state index is 4.05. The van der Waals surface area contributed by atoms with E-state index in [0.717, 1.165) is 0 Å². The van der Waals surface area contributed by atoms with Crippen molar-refractivity contribution in [3.63, 3.8) is 0 Å². The van der Waals surface area contributed by atoms with Gasteiger partial charge in [0.2, 0.25) is 0 Å². The van der Waals surface area contributed by atoms with Crippen molar-refractivity contribution in [2.75, 3.05) is 0 Å². The molecule has 0 aromatic heterocycles. The van der Waals surface area contributed by atoms with Crippen molar-refractivity contribution in [3.05, 3.63) is 102 Å². The zero-order valence-electron chi connectivity index (χ0n) is 15.8. The third-order valence-corrected chi connectivity index (χ3v) is 7.81. The van der Waals surface area contributed by atoms with E-state index in [1.54, 1.807) is 0 Å². The molecule has 1 heteroatoms. The first-order valence-corrected chi connectivity index (χ1v) is 10.2.